The highest BCUT2D eigenvalue weighted by Crippen LogP contribution is 2.32. The first kappa shape index (κ1) is 22.0. The van der Waals surface area contributed by atoms with Gasteiger partial charge in [-0.15, -0.1) is 22.0 Å². The Bertz CT molecular complexity index is 917. The normalized spacial score (nSPS) is 10.7. The number of carbonyl (C=O) groups is 1. The summed E-state index contributed by atoms with van der Waals surface area (Å²) in [6.07, 6.45) is 4.66. The van der Waals surface area contributed by atoms with Crippen molar-refractivity contribution in [3.8, 4) is 22.4 Å². The maximum absolute atomic E-state index is 11.4. The molecule has 0 saturated carbocycles. The first-order valence-electron chi connectivity index (χ1n) is 10.5. The molecule has 3 aromatic rings. The van der Waals surface area contributed by atoms with Crippen molar-refractivity contribution in [2.45, 2.75) is 44.1 Å². The van der Waals surface area contributed by atoms with Crippen molar-refractivity contribution in [3.63, 3.8) is 0 Å². The molecular formula is C25H28N2O2S. The summed E-state index contributed by atoms with van der Waals surface area (Å²) in [5.41, 5.74) is 4.23. The topological polar surface area (TPSA) is 52.1 Å². The highest BCUT2D eigenvalue weighted by molar-refractivity contribution is 7.99. The summed E-state index contributed by atoms with van der Waals surface area (Å²) in [5, 5.41) is 9.98. The van der Waals surface area contributed by atoms with Crippen LogP contribution in [0.25, 0.3) is 22.4 Å². The number of hydrogen-bond acceptors (Lipinski definition) is 5. The van der Waals surface area contributed by atoms with Crippen molar-refractivity contribution in [2.75, 3.05) is 12.4 Å². The molecule has 4 nitrogen and oxygen atoms in total. The van der Waals surface area contributed by atoms with Gasteiger partial charge in [0.05, 0.1) is 6.61 Å². The van der Waals surface area contributed by atoms with E-state index in [1.165, 1.54) is 0 Å². The summed E-state index contributed by atoms with van der Waals surface area (Å²) in [6.45, 7) is 2.30. The zero-order valence-electron chi connectivity index (χ0n) is 17.4. The Labute approximate surface area is 183 Å². The van der Waals surface area contributed by atoms with E-state index in [0.29, 0.717) is 13.0 Å². The van der Waals surface area contributed by atoms with E-state index in [2.05, 4.69) is 40.5 Å². The predicted molar refractivity (Wildman–Crippen MR) is 123 cm³/mol. The van der Waals surface area contributed by atoms with Crippen LogP contribution in [0.3, 0.4) is 0 Å². The van der Waals surface area contributed by atoms with Crippen LogP contribution in [-0.4, -0.2) is 28.5 Å². The van der Waals surface area contributed by atoms with Gasteiger partial charge in [0.15, 0.2) is 0 Å². The van der Waals surface area contributed by atoms with Crippen LogP contribution < -0.4 is 0 Å². The van der Waals surface area contributed by atoms with Crippen LogP contribution in [0.5, 0.6) is 0 Å². The van der Waals surface area contributed by atoms with Crippen molar-refractivity contribution in [1.82, 2.24) is 10.2 Å². The average molecular weight is 421 g/mol. The molecule has 156 valence electrons. The third-order valence-electron chi connectivity index (χ3n) is 4.73. The maximum atomic E-state index is 11.4. The average Bonchev–Trinajstić information content (AvgIpc) is 2.80. The second kappa shape index (κ2) is 12.1. The van der Waals surface area contributed by atoms with Crippen LogP contribution in [0.15, 0.2) is 71.8 Å². The first-order valence-corrected chi connectivity index (χ1v) is 11.5. The monoisotopic (exact) mass is 420 g/mol. The van der Waals surface area contributed by atoms with Crippen LogP contribution >= 0.6 is 11.8 Å². The van der Waals surface area contributed by atoms with E-state index < -0.39 is 0 Å². The van der Waals surface area contributed by atoms with Gasteiger partial charge in [-0.3, -0.25) is 4.79 Å². The molecule has 0 saturated heterocycles. The van der Waals surface area contributed by atoms with Gasteiger partial charge in [0.25, 0.3) is 0 Å². The van der Waals surface area contributed by atoms with Gasteiger partial charge in [-0.1, -0.05) is 73.5 Å². The molecule has 0 aliphatic heterocycles. The molecule has 30 heavy (non-hydrogen) atoms. The Morgan fingerprint density at radius 1 is 0.867 bits per heavy atom. The highest BCUT2D eigenvalue weighted by Gasteiger charge is 2.11. The summed E-state index contributed by atoms with van der Waals surface area (Å²) in [7, 11) is 0. The lowest BCUT2D eigenvalue weighted by atomic mass is 10.0. The van der Waals surface area contributed by atoms with E-state index >= 15 is 0 Å². The predicted octanol–water partition coefficient (Wildman–Crippen LogP) is 6.42. The molecule has 2 aromatic carbocycles. The Morgan fingerprint density at radius 2 is 1.53 bits per heavy atom. The van der Waals surface area contributed by atoms with E-state index in [9.17, 15) is 4.79 Å². The molecular weight excluding hydrogens is 392 g/mol. The standard InChI is InChI=1S/C25H28N2O2S/c1-2-29-24(28)17-11-3-4-12-18-30-23-19-22(20-13-7-5-8-14-20)25(27-26-23)21-15-9-6-10-16-21/h5-10,13-16,19H,2-4,11-12,17-18H2,1H3. The lowest BCUT2D eigenvalue weighted by molar-refractivity contribution is -0.143. The van der Waals surface area contributed by atoms with Gasteiger partial charge >= 0.3 is 5.97 Å². The van der Waals surface area contributed by atoms with Gasteiger partial charge < -0.3 is 4.74 Å². The van der Waals surface area contributed by atoms with Gasteiger partial charge in [-0.2, -0.15) is 0 Å². The minimum atomic E-state index is -0.0888. The van der Waals surface area contributed by atoms with Gasteiger partial charge in [0.2, 0.25) is 0 Å². The third-order valence-corrected chi connectivity index (χ3v) is 5.72. The number of esters is 1. The van der Waals surface area contributed by atoms with Crippen LogP contribution in [0.1, 0.15) is 39.0 Å². The third kappa shape index (κ3) is 6.70. The van der Waals surface area contributed by atoms with Crippen LogP contribution in [-0.2, 0) is 9.53 Å². The van der Waals surface area contributed by atoms with Gasteiger partial charge in [-0.05, 0) is 37.1 Å². The fourth-order valence-corrected chi connectivity index (χ4v) is 4.08. The molecule has 5 heteroatoms. The SMILES string of the molecule is CCOC(=O)CCCCCCSc1cc(-c2ccccc2)c(-c2ccccc2)nn1. The van der Waals surface area contributed by atoms with E-state index in [4.69, 9.17) is 4.74 Å². The van der Waals surface area contributed by atoms with E-state index in [0.717, 1.165) is 58.8 Å². The number of thioether (sulfide) groups is 1. The molecule has 0 amide bonds. The number of carbonyl (C=O) groups excluding carboxylic acids is 1. The molecule has 0 fully saturated rings. The molecule has 0 bridgehead atoms. The fraction of sp³-hybridized carbons (Fsp3) is 0.320. The Hall–Kier alpha value is -2.66. The van der Waals surface area contributed by atoms with Crippen molar-refractivity contribution in [1.29, 1.82) is 0 Å². The molecule has 0 aliphatic carbocycles. The molecule has 3 rings (SSSR count). The van der Waals surface area contributed by atoms with Crippen LogP contribution in [0.4, 0.5) is 0 Å². The fourth-order valence-electron chi connectivity index (χ4n) is 3.23. The van der Waals surface area contributed by atoms with Gasteiger partial charge in [0.1, 0.15) is 10.7 Å². The van der Waals surface area contributed by atoms with E-state index in [-0.39, 0.29) is 5.97 Å². The second-order valence-electron chi connectivity index (χ2n) is 6.99. The summed E-state index contributed by atoms with van der Waals surface area (Å²) in [4.78, 5) is 11.4. The van der Waals surface area contributed by atoms with Crippen molar-refractivity contribution < 1.29 is 9.53 Å². The maximum Gasteiger partial charge on any atom is 0.305 e. The first-order chi connectivity index (χ1) is 14.8. The van der Waals surface area contributed by atoms with E-state index in [1.54, 1.807) is 11.8 Å². The quantitative estimate of drug-likeness (QED) is 0.204. The molecule has 0 N–H and O–H groups in total. The molecule has 0 spiro atoms. The molecule has 1 aromatic heterocycles. The summed E-state index contributed by atoms with van der Waals surface area (Å²) >= 11 is 1.74. The van der Waals surface area contributed by atoms with Crippen LogP contribution in [0, 0.1) is 0 Å². The molecule has 0 atom stereocenters. The Kier molecular flexibility index (Phi) is 8.91. The van der Waals surface area contributed by atoms with Gasteiger partial charge in [-0.25, -0.2) is 0 Å². The molecule has 0 unspecified atom stereocenters. The van der Waals surface area contributed by atoms with Gasteiger partial charge in [0, 0.05) is 17.5 Å². The summed E-state index contributed by atoms with van der Waals surface area (Å²) in [5.74, 6) is 0.904. The molecule has 0 radical (unpaired) electrons. The molecule has 1 heterocycles. The number of hydrogen-bond donors (Lipinski definition) is 0. The summed E-state index contributed by atoms with van der Waals surface area (Å²) < 4.78 is 4.96. The number of rotatable bonds is 11. The Balaban J connectivity index is 1.58. The number of ether oxygens (including phenoxy) is 1. The largest absolute Gasteiger partial charge is 0.466 e. The lowest BCUT2D eigenvalue weighted by Crippen LogP contribution is -2.03. The van der Waals surface area contributed by atoms with Crippen LogP contribution in [0.2, 0.25) is 0 Å². The number of benzene rings is 2. The number of unbranched alkanes of at least 4 members (excludes halogenated alkanes) is 3. The number of nitrogens with zero attached hydrogens (tertiary/aromatic N) is 2. The second-order valence-corrected chi connectivity index (χ2v) is 8.11. The highest BCUT2D eigenvalue weighted by atomic mass is 32.2. The lowest BCUT2D eigenvalue weighted by Gasteiger charge is -2.10. The minimum absolute atomic E-state index is 0.0888. The van der Waals surface area contributed by atoms with Crippen molar-refractivity contribution in [3.05, 3.63) is 66.7 Å². The smallest absolute Gasteiger partial charge is 0.305 e. The zero-order valence-corrected chi connectivity index (χ0v) is 18.2. The summed E-state index contributed by atoms with van der Waals surface area (Å²) in [6, 6.07) is 22.7. The Morgan fingerprint density at radius 3 is 2.23 bits per heavy atom. The minimum Gasteiger partial charge on any atom is -0.466 e. The zero-order chi connectivity index (χ0) is 21.0. The van der Waals surface area contributed by atoms with E-state index in [1.807, 2.05) is 43.3 Å². The van der Waals surface area contributed by atoms with Crippen molar-refractivity contribution >= 4 is 17.7 Å². The van der Waals surface area contributed by atoms with Crippen molar-refractivity contribution in [2.24, 2.45) is 0 Å². The number of aromatic nitrogens is 2. The molecule has 0 aliphatic rings.